The van der Waals surface area contributed by atoms with Crippen LogP contribution in [0.15, 0.2) is 85.2 Å². The summed E-state index contributed by atoms with van der Waals surface area (Å²) in [5.74, 6) is 0.524. The van der Waals surface area contributed by atoms with Crippen LogP contribution in [0.25, 0.3) is 11.1 Å². The van der Waals surface area contributed by atoms with E-state index in [2.05, 4.69) is 65.5 Å². The van der Waals surface area contributed by atoms with Gasteiger partial charge in [-0.25, -0.2) is 4.98 Å². The van der Waals surface area contributed by atoms with Crippen LogP contribution in [0.5, 0.6) is 0 Å². The summed E-state index contributed by atoms with van der Waals surface area (Å²) in [6.45, 7) is 2.82. The largest absolute Gasteiger partial charge is 0.396 e. The van der Waals surface area contributed by atoms with E-state index in [0.29, 0.717) is 19.0 Å². The predicted octanol–water partition coefficient (Wildman–Crippen LogP) is 4.86. The monoisotopic (exact) mass is 415 g/mol. The molecule has 1 aliphatic heterocycles. The Hall–Kier alpha value is -3.15. The quantitative estimate of drug-likeness (QED) is 0.576. The standard InChI is InChI=1S/C26H29N3O2/c1-20(21-8-10-22(11-9-21)23-12-13-25(27)28-18-23)29-16-15-26(31-19-29,14-5-17-30)24-6-3-2-4-7-24/h2-4,6-13,15-16,18,20,30H,5,14,17,19H2,1H3,(H2,27,28)/t20-,26+/m0/s1. The number of nitrogens with zero attached hydrogens (tertiary/aromatic N) is 2. The molecule has 5 nitrogen and oxygen atoms in total. The molecule has 0 spiro atoms. The highest BCUT2D eigenvalue weighted by molar-refractivity contribution is 5.63. The molecule has 0 amide bonds. The Morgan fingerprint density at radius 3 is 2.42 bits per heavy atom. The second kappa shape index (κ2) is 9.33. The van der Waals surface area contributed by atoms with Gasteiger partial charge in [-0.3, -0.25) is 0 Å². The molecule has 4 rings (SSSR count). The number of nitrogens with two attached hydrogens (primary N) is 1. The third kappa shape index (κ3) is 4.63. The Balaban J connectivity index is 1.51. The summed E-state index contributed by atoms with van der Waals surface area (Å²) in [5.41, 5.74) is 9.68. The van der Waals surface area contributed by atoms with Gasteiger partial charge in [-0.15, -0.1) is 0 Å². The van der Waals surface area contributed by atoms with Gasteiger partial charge in [-0.05, 0) is 54.7 Å². The molecule has 160 valence electrons. The van der Waals surface area contributed by atoms with Crippen molar-refractivity contribution < 1.29 is 9.84 Å². The lowest BCUT2D eigenvalue weighted by Gasteiger charge is -2.40. The first kappa shape index (κ1) is 21.1. The van der Waals surface area contributed by atoms with E-state index < -0.39 is 5.60 Å². The number of pyridine rings is 1. The van der Waals surface area contributed by atoms with E-state index >= 15 is 0 Å². The first-order chi connectivity index (χ1) is 15.1. The number of aliphatic hydroxyl groups excluding tert-OH is 1. The topological polar surface area (TPSA) is 71.6 Å². The predicted molar refractivity (Wildman–Crippen MR) is 124 cm³/mol. The van der Waals surface area contributed by atoms with E-state index in [4.69, 9.17) is 10.5 Å². The molecule has 0 bridgehead atoms. The van der Waals surface area contributed by atoms with Crippen LogP contribution < -0.4 is 5.73 Å². The van der Waals surface area contributed by atoms with E-state index in [-0.39, 0.29) is 12.6 Å². The van der Waals surface area contributed by atoms with Crippen LogP contribution in [0.4, 0.5) is 5.82 Å². The fourth-order valence-corrected chi connectivity index (χ4v) is 4.00. The maximum atomic E-state index is 9.37. The molecular weight excluding hydrogens is 386 g/mol. The molecule has 3 N–H and O–H groups in total. The molecular formula is C26H29N3O2. The van der Waals surface area contributed by atoms with Crippen LogP contribution in [0.1, 0.15) is 36.9 Å². The van der Waals surface area contributed by atoms with Crippen molar-refractivity contribution in [3.05, 3.63) is 96.3 Å². The maximum absolute atomic E-state index is 9.37. The highest BCUT2D eigenvalue weighted by Crippen LogP contribution is 2.37. The maximum Gasteiger partial charge on any atom is 0.123 e. The summed E-state index contributed by atoms with van der Waals surface area (Å²) in [7, 11) is 0. The van der Waals surface area contributed by atoms with Crippen molar-refractivity contribution in [2.45, 2.75) is 31.4 Å². The van der Waals surface area contributed by atoms with Gasteiger partial charge in [0.2, 0.25) is 0 Å². The molecule has 2 atom stereocenters. The Morgan fingerprint density at radius 1 is 1.06 bits per heavy atom. The first-order valence-corrected chi connectivity index (χ1v) is 10.7. The zero-order valence-electron chi connectivity index (χ0n) is 17.8. The third-order valence-corrected chi connectivity index (χ3v) is 5.99. The molecule has 2 heterocycles. The van der Waals surface area contributed by atoms with Crippen LogP contribution >= 0.6 is 0 Å². The number of aliphatic hydroxyl groups is 1. The normalized spacial score (nSPS) is 19.4. The molecule has 0 saturated carbocycles. The SMILES string of the molecule is C[C@@H](c1ccc(-c2ccc(N)nc2)cc1)N1C=C[C@](CCCO)(c2ccccc2)OC1. The van der Waals surface area contributed by atoms with Gasteiger partial charge in [-0.2, -0.15) is 0 Å². The number of rotatable bonds is 7. The molecule has 0 unspecified atom stereocenters. The van der Waals surface area contributed by atoms with Crippen LogP contribution in [0.3, 0.4) is 0 Å². The Bertz CT molecular complexity index is 1000. The van der Waals surface area contributed by atoms with Crippen LogP contribution in [0, 0.1) is 0 Å². The average molecular weight is 416 g/mol. The van der Waals surface area contributed by atoms with Gasteiger partial charge in [0.25, 0.3) is 0 Å². The zero-order chi connectivity index (χ0) is 21.7. The van der Waals surface area contributed by atoms with E-state index in [1.54, 1.807) is 6.20 Å². The highest BCUT2D eigenvalue weighted by atomic mass is 16.5. The Morgan fingerprint density at radius 2 is 1.81 bits per heavy atom. The van der Waals surface area contributed by atoms with Crippen LogP contribution in [-0.2, 0) is 10.3 Å². The van der Waals surface area contributed by atoms with Gasteiger partial charge in [0.15, 0.2) is 0 Å². The molecule has 0 radical (unpaired) electrons. The van der Waals surface area contributed by atoms with Crippen molar-refractivity contribution in [1.29, 1.82) is 0 Å². The van der Waals surface area contributed by atoms with Gasteiger partial charge in [0.05, 0.1) is 6.04 Å². The van der Waals surface area contributed by atoms with Crippen molar-refractivity contribution in [2.24, 2.45) is 0 Å². The number of benzene rings is 2. The molecule has 2 aromatic carbocycles. The summed E-state index contributed by atoms with van der Waals surface area (Å²) >= 11 is 0. The van der Waals surface area contributed by atoms with E-state index in [0.717, 1.165) is 23.1 Å². The Kier molecular flexibility index (Phi) is 6.35. The van der Waals surface area contributed by atoms with E-state index in [9.17, 15) is 5.11 Å². The second-order valence-electron chi connectivity index (χ2n) is 7.96. The van der Waals surface area contributed by atoms with Crippen molar-refractivity contribution in [3.63, 3.8) is 0 Å². The van der Waals surface area contributed by atoms with Gasteiger partial charge >= 0.3 is 0 Å². The number of nitrogen functional groups attached to an aromatic ring is 1. The fraction of sp³-hybridized carbons (Fsp3) is 0.269. The van der Waals surface area contributed by atoms with Crippen molar-refractivity contribution >= 4 is 5.82 Å². The van der Waals surface area contributed by atoms with Gasteiger partial charge in [0, 0.05) is 24.6 Å². The molecule has 1 aromatic heterocycles. The summed E-state index contributed by atoms with van der Waals surface area (Å²) < 4.78 is 6.42. The molecule has 31 heavy (non-hydrogen) atoms. The van der Waals surface area contributed by atoms with E-state index in [1.807, 2.05) is 30.3 Å². The summed E-state index contributed by atoms with van der Waals surface area (Å²) in [6.07, 6.45) is 7.50. The van der Waals surface area contributed by atoms with Gasteiger partial charge < -0.3 is 20.5 Å². The summed E-state index contributed by atoms with van der Waals surface area (Å²) in [6, 6.07) is 22.7. The van der Waals surface area contributed by atoms with Crippen molar-refractivity contribution in [1.82, 2.24) is 9.88 Å². The molecule has 1 aliphatic rings. The van der Waals surface area contributed by atoms with Gasteiger partial charge in [-0.1, -0.05) is 54.6 Å². The van der Waals surface area contributed by atoms with Crippen LogP contribution in [0.2, 0.25) is 0 Å². The van der Waals surface area contributed by atoms with Crippen molar-refractivity contribution in [2.75, 3.05) is 19.1 Å². The third-order valence-electron chi connectivity index (χ3n) is 5.99. The lowest BCUT2D eigenvalue weighted by atomic mass is 9.88. The summed E-state index contributed by atoms with van der Waals surface area (Å²) in [5, 5.41) is 9.37. The minimum atomic E-state index is -0.494. The smallest absolute Gasteiger partial charge is 0.123 e. The summed E-state index contributed by atoms with van der Waals surface area (Å²) in [4.78, 5) is 6.37. The minimum absolute atomic E-state index is 0.155. The highest BCUT2D eigenvalue weighted by Gasteiger charge is 2.34. The number of anilines is 1. The number of hydrogen-bond acceptors (Lipinski definition) is 5. The molecule has 0 saturated heterocycles. The average Bonchev–Trinajstić information content (AvgIpc) is 2.84. The first-order valence-electron chi connectivity index (χ1n) is 10.7. The van der Waals surface area contributed by atoms with Gasteiger partial charge in [0.1, 0.15) is 18.1 Å². The number of ether oxygens (including phenoxy) is 1. The minimum Gasteiger partial charge on any atom is -0.396 e. The lowest BCUT2D eigenvalue weighted by molar-refractivity contribution is -0.0887. The van der Waals surface area contributed by atoms with Crippen molar-refractivity contribution in [3.8, 4) is 11.1 Å². The lowest BCUT2D eigenvalue weighted by Crippen LogP contribution is -2.38. The molecule has 5 heteroatoms. The Labute approximate surface area is 183 Å². The molecule has 0 fully saturated rings. The second-order valence-corrected chi connectivity index (χ2v) is 7.96. The fourth-order valence-electron chi connectivity index (χ4n) is 4.00. The zero-order valence-corrected chi connectivity index (χ0v) is 17.8. The van der Waals surface area contributed by atoms with E-state index in [1.165, 1.54) is 5.56 Å². The number of hydrogen-bond donors (Lipinski definition) is 2. The molecule has 3 aromatic rings. The molecule has 0 aliphatic carbocycles. The van der Waals surface area contributed by atoms with Crippen LogP contribution in [-0.4, -0.2) is 28.3 Å². The number of aromatic nitrogens is 1.